The summed E-state index contributed by atoms with van der Waals surface area (Å²) in [7, 11) is 2.93. The number of benzene rings is 2. The maximum Gasteiger partial charge on any atom is 0.415 e. The van der Waals surface area contributed by atoms with E-state index in [1.54, 1.807) is 64.4 Å². The van der Waals surface area contributed by atoms with E-state index in [1.165, 1.54) is 12.0 Å². The monoisotopic (exact) mass is 520 g/mol. The van der Waals surface area contributed by atoms with Gasteiger partial charge in [0.15, 0.2) is 11.5 Å². The first-order chi connectivity index (χ1) is 18.0. The van der Waals surface area contributed by atoms with Crippen LogP contribution in [0.5, 0.6) is 17.2 Å². The van der Waals surface area contributed by atoms with Crippen molar-refractivity contribution in [2.75, 3.05) is 25.9 Å². The zero-order valence-corrected chi connectivity index (χ0v) is 22.7. The molecule has 1 amide bonds. The van der Waals surface area contributed by atoms with Crippen LogP contribution in [-0.4, -0.2) is 43.7 Å². The van der Waals surface area contributed by atoms with Crippen LogP contribution in [0.1, 0.15) is 48.0 Å². The molecule has 0 spiro atoms. The summed E-state index contributed by atoms with van der Waals surface area (Å²) in [6.07, 6.45) is 1.15. The molecule has 0 aliphatic carbocycles. The number of fused-ring (bicyclic) bond motifs is 1. The Hall–Kier alpha value is -4.27. The number of carbonyl (C=O) groups excluding carboxylic acids is 2. The van der Waals surface area contributed by atoms with Gasteiger partial charge < -0.3 is 23.7 Å². The molecular weight excluding hydrogens is 488 g/mol. The summed E-state index contributed by atoms with van der Waals surface area (Å²) >= 11 is 0. The molecule has 9 heteroatoms. The Labute approximate surface area is 222 Å². The zero-order valence-electron chi connectivity index (χ0n) is 22.7. The summed E-state index contributed by atoms with van der Waals surface area (Å²) < 4.78 is 27.8. The van der Waals surface area contributed by atoms with Crippen molar-refractivity contribution in [1.29, 1.82) is 0 Å². The fourth-order valence-electron chi connectivity index (χ4n) is 4.32. The second kappa shape index (κ2) is 10.6. The highest BCUT2D eigenvalue weighted by molar-refractivity contribution is 5.99. The number of pyridine rings is 1. The van der Waals surface area contributed by atoms with Crippen LogP contribution in [0.4, 0.5) is 10.5 Å². The summed E-state index contributed by atoms with van der Waals surface area (Å²) in [4.78, 5) is 32.2. The van der Waals surface area contributed by atoms with E-state index in [4.69, 9.17) is 23.7 Å². The number of aryl methyl sites for hydroxylation is 1. The molecule has 1 aromatic heterocycles. The molecule has 0 atom stereocenters. The molecule has 9 nitrogen and oxygen atoms in total. The lowest BCUT2D eigenvalue weighted by Gasteiger charge is -2.28. The average molecular weight is 521 g/mol. The van der Waals surface area contributed by atoms with Crippen molar-refractivity contribution >= 4 is 17.7 Å². The lowest BCUT2D eigenvalue weighted by atomic mass is 9.97. The Morgan fingerprint density at radius 2 is 1.79 bits per heavy atom. The molecule has 2 heterocycles. The fourth-order valence-corrected chi connectivity index (χ4v) is 4.32. The van der Waals surface area contributed by atoms with Crippen molar-refractivity contribution in [2.45, 2.75) is 46.8 Å². The number of ether oxygens (including phenoxy) is 5. The number of amides is 1. The highest BCUT2D eigenvalue weighted by Crippen LogP contribution is 2.46. The molecule has 1 aliphatic heterocycles. The van der Waals surface area contributed by atoms with Crippen LogP contribution in [0.25, 0.3) is 11.1 Å². The fraction of sp³-hybridized carbons (Fsp3) is 0.345. The number of anilines is 1. The highest BCUT2D eigenvalue weighted by Gasteiger charge is 2.30. The largest absolute Gasteiger partial charge is 0.496 e. The highest BCUT2D eigenvalue weighted by atomic mass is 16.7. The molecule has 3 aromatic rings. The minimum Gasteiger partial charge on any atom is -0.496 e. The van der Waals surface area contributed by atoms with Gasteiger partial charge in [0, 0.05) is 34.5 Å². The van der Waals surface area contributed by atoms with Crippen molar-refractivity contribution < 1.29 is 33.3 Å². The molecule has 200 valence electrons. The first-order valence-corrected chi connectivity index (χ1v) is 12.1. The molecule has 0 N–H and O–H groups in total. The van der Waals surface area contributed by atoms with Crippen LogP contribution in [0, 0.1) is 13.8 Å². The van der Waals surface area contributed by atoms with Gasteiger partial charge in [-0.3, -0.25) is 9.88 Å². The first kappa shape index (κ1) is 26.8. The normalized spacial score (nSPS) is 12.2. The van der Waals surface area contributed by atoms with Crippen LogP contribution >= 0.6 is 0 Å². The smallest absolute Gasteiger partial charge is 0.415 e. The average Bonchev–Trinajstić information content (AvgIpc) is 3.35. The number of esters is 1. The topological polar surface area (TPSA) is 96.4 Å². The standard InChI is InChI=1S/C29H32N2O7/c1-17-14-30-23(18(2)25(17)34-6)15-31(28(33)38-29(3,4)5)19-12-22(26-24(13-19)36-16-37-26)20-10-8-9-11-21(20)27(32)35-7/h8-14H,15-16H2,1-7H3. The van der Waals surface area contributed by atoms with E-state index < -0.39 is 17.7 Å². The van der Waals surface area contributed by atoms with Gasteiger partial charge >= 0.3 is 12.1 Å². The number of hydrogen-bond donors (Lipinski definition) is 0. The molecule has 4 rings (SSSR count). The van der Waals surface area contributed by atoms with Crippen molar-refractivity contribution in [1.82, 2.24) is 4.98 Å². The summed E-state index contributed by atoms with van der Waals surface area (Å²) in [5.41, 5.74) is 3.62. The van der Waals surface area contributed by atoms with Crippen molar-refractivity contribution in [3.8, 4) is 28.4 Å². The van der Waals surface area contributed by atoms with E-state index in [0.29, 0.717) is 45.3 Å². The van der Waals surface area contributed by atoms with E-state index in [9.17, 15) is 9.59 Å². The molecule has 2 aromatic carbocycles. The van der Waals surface area contributed by atoms with E-state index in [-0.39, 0.29) is 13.3 Å². The van der Waals surface area contributed by atoms with Crippen molar-refractivity contribution in [2.24, 2.45) is 0 Å². The van der Waals surface area contributed by atoms with Gasteiger partial charge in [-0.2, -0.15) is 0 Å². The van der Waals surface area contributed by atoms with Crippen LogP contribution in [0.2, 0.25) is 0 Å². The minimum atomic E-state index is -0.737. The van der Waals surface area contributed by atoms with Gasteiger partial charge in [-0.1, -0.05) is 18.2 Å². The Bertz CT molecular complexity index is 1380. The van der Waals surface area contributed by atoms with Gasteiger partial charge in [0.1, 0.15) is 11.4 Å². The molecular formula is C29H32N2O7. The van der Waals surface area contributed by atoms with Crippen molar-refractivity contribution in [3.05, 3.63) is 65.0 Å². The van der Waals surface area contributed by atoms with Gasteiger partial charge in [0.2, 0.25) is 6.79 Å². The Kier molecular flexibility index (Phi) is 7.48. The Morgan fingerprint density at radius 1 is 1.05 bits per heavy atom. The quantitative estimate of drug-likeness (QED) is 0.375. The number of methoxy groups -OCH3 is 2. The molecule has 38 heavy (non-hydrogen) atoms. The second-order valence-electron chi connectivity index (χ2n) is 9.88. The Balaban J connectivity index is 1.88. The van der Waals surface area contributed by atoms with Gasteiger partial charge in [0.05, 0.1) is 37.7 Å². The number of rotatable bonds is 6. The molecule has 0 fully saturated rings. The zero-order chi connectivity index (χ0) is 27.6. The van der Waals surface area contributed by atoms with E-state index in [0.717, 1.165) is 11.1 Å². The van der Waals surface area contributed by atoms with Crippen molar-refractivity contribution in [3.63, 3.8) is 0 Å². The maximum absolute atomic E-state index is 13.6. The summed E-state index contributed by atoms with van der Waals surface area (Å²) in [6, 6.07) is 10.5. The minimum absolute atomic E-state index is 0.00837. The summed E-state index contributed by atoms with van der Waals surface area (Å²) in [6.45, 7) is 9.34. The lowest BCUT2D eigenvalue weighted by molar-refractivity contribution is 0.0573. The number of aromatic nitrogens is 1. The number of carbonyl (C=O) groups is 2. The first-order valence-electron chi connectivity index (χ1n) is 12.1. The Morgan fingerprint density at radius 3 is 2.47 bits per heavy atom. The maximum atomic E-state index is 13.6. The third kappa shape index (κ3) is 5.37. The van der Waals surface area contributed by atoms with Crippen LogP contribution in [-0.2, 0) is 16.0 Å². The van der Waals surface area contributed by atoms with Crippen LogP contribution in [0.3, 0.4) is 0 Å². The third-order valence-corrected chi connectivity index (χ3v) is 6.06. The van der Waals surface area contributed by atoms with E-state index >= 15 is 0 Å². The lowest BCUT2D eigenvalue weighted by Crippen LogP contribution is -2.37. The number of nitrogens with zero attached hydrogens (tertiary/aromatic N) is 2. The predicted molar refractivity (Wildman–Crippen MR) is 142 cm³/mol. The molecule has 1 aliphatic rings. The van der Waals surface area contributed by atoms with Gasteiger partial charge in [-0.25, -0.2) is 9.59 Å². The predicted octanol–water partition coefficient (Wildman–Crippen LogP) is 5.83. The third-order valence-electron chi connectivity index (χ3n) is 6.06. The molecule has 0 radical (unpaired) electrons. The molecule has 0 unspecified atom stereocenters. The van der Waals surface area contributed by atoms with Gasteiger partial charge in [-0.15, -0.1) is 0 Å². The SMILES string of the molecule is COC(=O)c1ccccc1-c1cc(N(Cc2ncc(C)c(OC)c2C)C(=O)OC(C)(C)C)cc2c1OCO2. The second-order valence-corrected chi connectivity index (χ2v) is 9.88. The summed E-state index contributed by atoms with van der Waals surface area (Å²) in [5.74, 6) is 1.13. The summed E-state index contributed by atoms with van der Waals surface area (Å²) in [5, 5.41) is 0. The van der Waals surface area contributed by atoms with E-state index in [1.807, 2.05) is 19.9 Å². The molecule has 0 saturated heterocycles. The van der Waals surface area contributed by atoms with Crippen LogP contribution < -0.4 is 19.1 Å². The van der Waals surface area contributed by atoms with Gasteiger partial charge in [-0.05, 0) is 46.8 Å². The molecule has 0 bridgehead atoms. The number of hydrogen-bond acceptors (Lipinski definition) is 8. The molecule has 0 saturated carbocycles. The van der Waals surface area contributed by atoms with Gasteiger partial charge in [0.25, 0.3) is 0 Å². The van der Waals surface area contributed by atoms with Crippen LogP contribution in [0.15, 0.2) is 42.6 Å². The van der Waals surface area contributed by atoms with E-state index in [2.05, 4.69) is 4.98 Å².